The van der Waals surface area contributed by atoms with E-state index in [2.05, 4.69) is 32.3 Å². The summed E-state index contributed by atoms with van der Waals surface area (Å²) in [6, 6.07) is 19.3. The first-order valence-corrected chi connectivity index (χ1v) is 11.8. The maximum atomic E-state index is 12.9. The Morgan fingerprint density at radius 1 is 1.14 bits per heavy atom. The normalized spacial score (nSPS) is 10.8. The molecule has 0 bridgehead atoms. The molecule has 29 heavy (non-hydrogen) atoms. The van der Waals surface area contributed by atoms with Crippen molar-refractivity contribution in [3.05, 3.63) is 76.5 Å². The fraction of sp³-hybridized carbons (Fsp3) is 0.100. The summed E-state index contributed by atoms with van der Waals surface area (Å²) in [6.45, 7) is 0. The lowest BCUT2D eigenvalue weighted by molar-refractivity contribution is 0.102. The number of thioether (sulfide) groups is 2. The smallest absolute Gasteiger partial charge is 0.256 e. The number of hydrogen-bond acceptors (Lipinski definition) is 7. The Labute approximate surface area is 180 Å². The summed E-state index contributed by atoms with van der Waals surface area (Å²) in [4.78, 5) is 15.2. The molecule has 1 N–H and O–H groups in total. The topological polar surface area (TPSA) is 72.7 Å². The van der Waals surface area contributed by atoms with Gasteiger partial charge in [-0.25, -0.2) is 0 Å². The fourth-order valence-corrected chi connectivity index (χ4v) is 4.96. The van der Waals surface area contributed by atoms with Crippen LogP contribution in [0.3, 0.4) is 0 Å². The van der Waals surface area contributed by atoms with E-state index in [9.17, 15) is 4.79 Å². The second-order valence-electron chi connectivity index (χ2n) is 5.95. The van der Waals surface area contributed by atoms with Crippen LogP contribution >= 0.6 is 34.9 Å². The van der Waals surface area contributed by atoms with Crippen molar-refractivity contribution in [1.82, 2.24) is 20.2 Å². The van der Waals surface area contributed by atoms with Crippen LogP contribution in [0.25, 0.3) is 5.69 Å². The van der Waals surface area contributed by atoms with E-state index in [-0.39, 0.29) is 5.91 Å². The molecule has 0 aliphatic carbocycles. The van der Waals surface area contributed by atoms with E-state index < -0.39 is 0 Å². The monoisotopic (exact) mass is 439 g/mol. The molecule has 0 atom stereocenters. The third-order valence-electron chi connectivity index (χ3n) is 4.05. The standard InChI is InChI=1S/C20H17N5OS3/c1-27-20-22-23-24-25(20)15-7-4-6-14(12-15)21-19(26)17-9-2-3-10-18(17)29-13-16-8-5-11-28-16/h2-12H,13H2,1H3,(H,21,26). The van der Waals surface area contributed by atoms with E-state index in [4.69, 9.17) is 0 Å². The van der Waals surface area contributed by atoms with Crippen LogP contribution in [0.4, 0.5) is 5.69 Å². The zero-order valence-corrected chi connectivity index (χ0v) is 17.9. The molecule has 0 aliphatic rings. The van der Waals surface area contributed by atoms with Crippen molar-refractivity contribution in [3.8, 4) is 5.69 Å². The maximum absolute atomic E-state index is 12.9. The SMILES string of the molecule is CSc1nnnn1-c1cccc(NC(=O)c2ccccc2SCc2cccs2)c1. The highest BCUT2D eigenvalue weighted by Gasteiger charge is 2.13. The van der Waals surface area contributed by atoms with E-state index in [1.807, 2.05) is 60.9 Å². The molecule has 2 aromatic heterocycles. The number of carbonyl (C=O) groups excluding carboxylic acids is 1. The Morgan fingerprint density at radius 3 is 2.86 bits per heavy atom. The van der Waals surface area contributed by atoms with Crippen molar-refractivity contribution in [1.29, 1.82) is 0 Å². The van der Waals surface area contributed by atoms with E-state index in [1.165, 1.54) is 16.6 Å². The van der Waals surface area contributed by atoms with Crippen LogP contribution < -0.4 is 5.32 Å². The number of hydrogen-bond donors (Lipinski definition) is 1. The maximum Gasteiger partial charge on any atom is 0.256 e. The number of nitrogens with one attached hydrogen (secondary N) is 1. The summed E-state index contributed by atoms with van der Waals surface area (Å²) < 4.78 is 1.64. The Kier molecular flexibility index (Phi) is 6.28. The number of aromatic nitrogens is 4. The minimum atomic E-state index is -0.141. The summed E-state index contributed by atoms with van der Waals surface area (Å²) in [5, 5.41) is 17.5. The molecule has 146 valence electrons. The number of rotatable bonds is 7. The van der Waals surface area contributed by atoms with Crippen molar-refractivity contribution in [2.24, 2.45) is 0 Å². The number of thiophene rings is 1. The van der Waals surface area contributed by atoms with Gasteiger partial charge >= 0.3 is 0 Å². The molecule has 9 heteroatoms. The van der Waals surface area contributed by atoms with Gasteiger partial charge in [-0.1, -0.05) is 36.0 Å². The van der Waals surface area contributed by atoms with Crippen molar-refractivity contribution < 1.29 is 4.79 Å². The first-order valence-electron chi connectivity index (χ1n) is 8.73. The molecule has 0 saturated heterocycles. The number of anilines is 1. The lowest BCUT2D eigenvalue weighted by Crippen LogP contribution is -2.13. The molecule has 1 amide bonds. The molecular formula is C20H17N5OS3. The molecule has 4 aromatic rings. The zero-order valence-electron chi connectivity index (χ0n) is 15.5. The highest BCUT2D eigenvalue weighted by molar-refractivity contribution is 7.98. The first-order chi connectivity index (χ1) is 14.2. The number of carbonyl (C=O) groups is 1. The van der Waals surface area contributed by atoms with E-state index in [1.54, 1.807) is 27.8 Å². The molecule has 0 spiro atoms. The Morgan fingerprint density at radius 2 is 2.03 bits per heavy atom. The van der Waals surface area contributed by atoms with Gasteiger partial charge in [0, 0.05) is 21.2 Å². The van der Waals surface area contributed by atoms with Crippen LogP contribution in [0.15, 0.2) is 76.1 Å². The number of amides is 1. The summed E-state index contributed by atoms with van der Waals surface area (Å²) in [7, 11) is 0. The summed E-state index contributed by atoms with van der Waals surface area (Å²) in [6.07, 6.45) is 1.92. The van der Waals surface area contributed by atoms with Crippen LogP contribution in [0, 0.1) is 0 Å². The van der Waals surface area contributed by atoms with Crippen LogP contribution in [-0.4, -0.2) is 32.4 Å². The van der Waals surface area contributed by atoms with Gasteiger partial charge in [-0.3, -0.25) is 4.79 Å². The molecule has 6 nitrogen and oxygen atoms in total. The van der Waals surface area contributed by atoms with E-state index in [0.29, 0.717) is 16.4 Å². The molecule has 0 saturated carbocycles. The van der Waals surface area contributed by atoms with E-state index >= 15 is 0 Å². The van der Waals surface area contributed by atoms with Gasteiger partial charge in [0.05, 0.1) is 11.3 Å². The zero-order chi connectivity index (χ0) is 20.1. The molecular weight excluding hydrogens is 422 g/mol. The van der Waals surface area contributed by atoms with Crippen LogP contribution in [0.5, 0.6) is 0 Å². The molecule has 2 aromatic carbocycles. The van der Waals surface area contributed by atoms with Crippen LogP contribution in [0.2, 0.25) is 0 Å². The summed E-state index contributed by atoms with van der Waals surface area (Å²) in [5.41, 5.74) is 2.14. The van der Waals surface area contributed by atoms with Crippen molar-refractivity contribution >= 4 is 46.5 Å². The lowest BCUT2D eigenvalue weighted by Gasteiger charge is -2.11. The van der Waals surface area contributed by atoms with E-state index in [0.717, 1.165) is 16.3 Å². The quantitative estimate of drug-likeness (QED) is 0.409. The average molecular weight is 440 g/mol. The molecule has 0 unspecified atom stereocenters. The van der Waals surface area contributed by atoms with Gasteiger partial charge in [0.15, 0.2) is 0 Å². The Bertz CT molecular complexity index is 1110. The molecule has 0 radical (unpaired) electrons. The van der Waals surface area contributed by atoms with Gasteiger partial charge in [-0.2, -0.15) is 4.68 Å². The van der Waals surface area contributed by atoms with Crippen LogP contribution in [-0.2, 0) is 5.75 Å². The predicted octanol–water partition coefficient (Wildman–Crippen LogP) is 4.99. The highest BCUT2D eigenvalue weighted by atomic mass is 32.2. The minimum Gasteiger partial charge on any atom is -0.322 e. The highest BCUT2D eigenvalue weighted by Crippen LogP contribution is 2.28. The lowest BCUT2D eigenvalue weighted by atomic mass is 10.2. The van der Waals surface area contributed by atoms with Crippen molar-refractivity contribution in [2.75, 3.05) is 11.6 Å². The summed E-state index contributed by atoms with van der Waals surface area (Å²) >= 11 is 4.84. The third-order valence-corrected chi connectivity index (χ3v) is 6.85. The number of benzene rings is 2. The van der Waals surface area contributed by atoms with Gasteiger partial charge in [-0.15, -0.1) is 28.2 Å². The third kappa shape index (κ3) is 4.69. The second kappa shape index (κ2) is 9.25. The van der Waals surface area contributed by atoms with Gasteiger partial charge in [-0.05, 0) is 58.5 Å². The van der Waals surface area contributed by atoms with Crippen LogP contribution in [0.1, 0.15) is 15.2 Å². The number of nitrogens with zero attached hydrogens (tertiary/aromatic N) is 4. The second-order valence-corrected chi connectivity index (χ2v) is 8.77. The number of tetrazole rings is 1. The minimum absolute atomic E-state index is 0.141. The first kappa shape index (κ1) is 19.7. The van der Waals surface area contributed by atoms with Gasteiger partial charge in [0.2, 0.25) is 5.16 Å². The average Bonchev–Trinajstić information content (AvgIpc) is 3.44. The molecule has 0 aliphatic heterocycles. The van der Waals surface area contributed by atoms with Crippen molar-refractivity contribution in [2.45, 2.75) is 15.8 Å². The van der Waals surface area contributed by atoms with Crippen molar-refractivity contribution in [3.63, 3.8) is 0 Å². The molecule has 2 heterocycles. The molecule has 0 fully saturated rings. The Balaban J connectivity index is 1.52. The van der Waals surface area contributed by atoms with Gasteiger partial charge in [0.1, 0.15) is 0 Å². The summed E-state index contributed by atoms with van der Waals surface area (Å²) in [5.74, 6) is 0.701. The molecule has 4 rings (SSSR count). The fourth-order valence-electron chi connectivity index (χ4n) is 2.71. The van der Waals surface area contributed by atoms with Gasteiger partial charge in [0.25, 0.3) is 5.91 Å². The predicted molar refractivity (Wildman–Crippen MR) is 119 cm³/mol. The Hall–Kier alpha value is -2.62. The van der Waals surface area contributed by atoms with Gasteiger partial charge < -0.3 is 5.32 Å². The largest absolute Gasteiger partial charge is 0.322 e.